The predicted molar refractivity (Wildman–Crippen MR) is 60.4 cm³/mol. The highest BCUT2D eigenvalue weighted by Crippen LogP contribution is 2.51. The van der Waals surface area contributed by atoms with Crippen molar-refractivity contribution in [3.05, 3.63) is 35.6 Å². The van der Waals surface area contributed by atoms with Gasteiger partial charge in [0.2, 0.25) is 0 Å². The zero-order valence-corrected chi connectivity index (χ0v) is 9.32. The van der Waals surface area contributed by atoms with Crippen LogP contribution in [0.3, 0.4) is 0 Å². The van der Waals surface area contributed by atoms with Crippen molar-refractivity contribution in [2.45, 2.75) is 37.7 Å². The second kappa shape index (κ2) is 3.56. The van der Waals surface area contributed by atoms with Crippen molar-refractivity contribution in [2.24, 2.45) is 11.8 Å². The molecule has 2 aliphatic carbocycles. The Morgan fingerprint density at radius 3 is 2.62 bits per heavy atom. The molecule has 0 saturated heterocycles. The Balaban J connectivity index is 1.94. The quantitative estimate of drug-likeness (QED) is 0.770. The van der Waals surface area contributed by atoms with Crippen LogP contribution < -0.4 is 0 Å². The lowest BCUT2D eigenvalue weighted by atomic mass is 9.72. The van der Waals surface area contributed by atoms with E-state index in [4.69, 9.17) is 0 Å². The zero-order chi connectivity index (χ0) is 11.2. The topological polar surface area (TPSA) is 20.2 Å². The summed E-state index contributed by atoms with van der Waals surface area (Å²) in [6, 6.07) is 6.39. The molecule has 3 unspecified atom stereocenters. The highest BCUT2D eigenvalue weighted by Gasteiger charge is 2.46. The minimum atomic E-state index is -0.694. The van der Waals surface area contributed by atoms with Gasteiger partial charge in [0, 0.05) is 0 Å². The first-order valence-electron chi connectivity index (χ1n) is 6.17. The molecule has 3 rings (SSSR count). The van der Waals surface area contributed by atoms with E-state index in [0.717, 1.165) is 37.2 Å². The number of hydrogen-bond acceptors (Lipinski definition) is 1. The lowest BCUT2D eigenvalue weighted by molar-refractivity contribution is -0.0484. The van der Waals surface area contributed by atoms with Crippen molar-refractivity contribution in [3.8, 4) is 0 Å². The number of fused-ring (bicyclic) bond motifs is 2. The zero-order valence-electron chi connectivity index (χ0n) is 9.32. The van der Waals surface area contributed by atoms with Crippen molar-refractivity contribution in [3.63, 3.8) is 0 Å². The van der Waals surface area contributed by atoms with E-state index < -0.39 is 5.60 Å². The largest absolute Gasteiger partial charge is 0.385 e. The van der Waals surface area contributed by atoms with Crippen LogP contribution in [0.1, 0.15) is 37.7 Å². The Bertz CT molecular complexity index is 386. The van der Waals surface area contributed by atoms with Crippen molar-refractivity contribution in [1.82, 2.24) is 0 Å². The van der Waals surface area contributed by atoms with Gasteiger partial charge in [0.25, 0.3) is 0 Å². The number of hydrogen-bond donors (Lipinski definition) is 1. The van der Waals surface area contributed by atoms with Gasteiger partial charge in [-0.2, -0.15) is 0 Å². The van der Waals surface area contributed by atoms with Gasteiger partial charge in [0.15, 0.2) is 0 Å². The fourth-order valence-corrected chi connectivity index (χ4v) is 3.52. The molecule has 1 aromatic rings. The van der Waals surface area contributed by atoms with Gasteiger partial charge >= 0.3 is 0 Å². The summed E-state index contributed by atoms with van der Waals surface area (Å²) in [5.74, 6) is 0.981. The van der Waals surface area contributed by atoms with Crippen LogP contribution in [0.5, 0.6) is 0 Å². The Morgan fingerprint density at radius 2 is 1.88 bits per heavy atom. The molecule has 86 valence electrons. The Hall–Kier alpha value is -0.890. The van der Waals surface area contributed by atoms with Gasteiger partial charge in [-0.05, 0) is 55.2 Å². The number of aliphatic hydroxyl groups is 1. The van der Waals surface area contributed by atoms with Crippen LogP contribution in [-0.4, -0.2) is 5.11 Å². The third-order valence-corrected chi connectivity index (χ3v) is 4.49. The van der Waals surface area contributed by atoms with Crippen LogP contribution in [-0.2, 0) is 5.60 Å². The predicted octanol–water partition coefficient (Wildman–Crippen LogP) is 3.22. The summed E-state index contributed by atoms with van der Waals surface area (Å²) in [6.45, 7) is 0. The van der Waals surface area contributed by atoms with Crippen LogP contribution in [0.4, 0.5) is 4.39 Å². The molecule has 0 aliphatic heterocycles. The molecular weight excluding hydrogens is 203 g/mol. The van der Waals surface area contributed by atoms with E-state index in [2.05, 4.69) is 0 Å². The van der Waals surface area contributed by atoms with Gasteiger partial charge in [0.05, 0.1) is 5.60 Å². The summed E-state index contributed by atoms with van der Waals surface area (Å²) < 4.78 is 12.9. The van der Waals surface area contributed by atoms with Crippen LogP contribution in [0.15, 0.2) is 24.3 Å². The van der Waals surface area contributed by atoms with Crippen LogP contribution in [0.2, 0.25) is 0 Å². The van der Waals surface area contributed by atoms with Crippen molar-refractivity contribution in [1.29, 1.82) is 0 Å². The molecule has 0 radical (unpaired) electrons. The molecule has 2 fully saturated rings. The third kappa shape index (κ3) is 1.47. The average Bonchev–Trinajstić information content (AvgIpc) is 2.70. The second-order valence-electron chi connectivity index (χ2n) is 5.35. The summed E-state index contributed by atoms with van der Waals surface area (Å²) >= 11 is 0. The van der Waals surface area contributed by atoms with Gasteiger partial charge < -0.3 is 5.11 Å². The minimum Gasteiger partial charge on any atom is -0.385 e. The summed E-state index contributed by atoms with van der Waals surface area (Å²) in [6.07, 6.45) is 5.49. The maximum absolute atomic E-state index is 12.9. The van der Waals surface area contributed by atoms with E-state index in [0.29, 0.717) is 5.92 Å². The monoisotopic (exact) mass is 220 g/mol. The first-order chi connectivity index (χ1) is 7.68. The van der Waals surface area contributed by atoms with E-state index in [-0.39, 0.29) is 5.82 Å². The number of benzene rings is 1. The molecule has 0 aromatic heterocycles. The molecule has 16 heavy (non-hydrogen) atoms. The number of halogens is 1. The maximum Gasteiger partial charge on any atom is 0.123 e. The first-order valence-corrected chi connectivity index (χ1v) is 6.17. The smallest absolute Gasteiger partial charge is 0.123 e. The maximum atomic E-state index is 12.9. The molecule has 3 atom stereocenters. The molecule has 1 aromatic carbocycles. The average molecular weight is 220 g/mol. The van der Waals surface area contributed by atoms with Gasteiger partial charge in [-0.3, -0.25) is 0 Å². The molecule has 0 amide bonds. The molecule has 1 N–H and O–H groups in total. The normalized spacial score (nSPS) is 37.6. The fourth-order valence-electron chi connectivity index (χ4n) is 3.52. The standard InChI is InChI=1S/C14H17FO/c15-13-5-3-11(4-6-13)14(16)8-7-10-1-2-12(14)9-10/h3-6,10,12,16H,1-2,7-9H2. The fraction of sp³-hybridized carbons (Fsp3) is 0.571. The summed E-state index contributed by atoms with van der Waals surface area (Å²) in [4.78, 5) is 0. The highest BCUT2D eigenvalue weighted by atomic mass is 19.1. The van der Waals surface area contributed by atoms with E-state index in [1.165, 1.54) is 18.6 Å². The molecule has 1 nitrogen and oxygen atoms in total. The molecule has 2 saturated carbocycles. The third-order valence-electron chi connectivity index (χ3n) is 4.49. The SMILES string of the molecule is OC1(c2ccc(F)cc2)CCC2CCC1C2. The van der Waals surface area contributed by atoms with E-state index in [1.54, 1.807) is 12.1 Å². The molecule has 0 heterocycles. The Morgan fingerprint density at radius 1 is 1.12 bits per heavy atom. The first kappa shape index (κ1) is 10.3. The molecule has 2 bridgehead atoms. The lowest BCUT2D eigenvalue weighted by Gasteiger charge is -2.38. The van der Waals surface area contributed by atoms with Gasteiger partial charge in [0.1, 0.15) is 5.82 Å². The highest BCUT2D eigenvalue weighted by molar-refractivity contribution is 5.25. The lowest BCUT2D eigenvalue weighted by Crippen LogP contribution is -2.36. The summed E-state index contributed by atoms with van der Waals surface area (Å²) in [5, 5.41) is 10.8. The van der Waals surface area contributed by atoms with Crippen molar-refractivity contribution in [2.75, 3.05) is 0 Å². The van der Waals surface area contributed by atoms with Gasteiger partial charge in [-0.25, -0.2) is 4.39 Å². The second-order valence-corrected chi connectivity index (χ2v) is 5.35. The minimum absolute atomic E-state index is 0.229. The van der Waals surface area contributed by atoms with E-state index in [1.807, 2.05) is 0 Å². The van der Waals surface area contributed by atoms with Crippen molar-refractivity contribution >= 4 is 0 Å². The molecular formula is C14H17FO. The van der Waals surface area contributed by atoms with E-state index in [9.17, 15) is 9.50 Å². The Labute approximate surface area is 95.3 Å². The van der Waals surface area contributed by atoms with E-state index >= 15 is 0 Å². The van der Waals surface area contributed by atoms with Gasteiger partial charge in [-0.15, -0.1) is 0 Å². The molecule has 2 aliphatic rings. The summed E-state index contributed by atoms with van der Waals surface area (Å²) in [7, 11) is 0. The number of rotatable bonds is 1. The van der Waals surface area contributed by atoms with Gasteiger partial charge in [-0.1, -0.05) is 18.6 Å². The molecule has 2 heteroatoms. The van der Waals surface area contributed by atoms with Crippen LogP contribution >= 0.6 is 0 Å². The summed E-state index contributed by atoms with van der Waals surface area (Å²) in [5.41, 5.74) is 0.208. The van der Waals surface area contributed by atoms with Crippen LogP contribution in [0.25, 0.3) is 0 Å². The van der Waals surface area contributed by atoms with Crippen molar-refractivity contribution < 1.29 is 9.50 Å². The Kier molecular flexibility index (Phi) is 2.28. The molecule has 0 spiro atoms. The van der Waals surface area contributed by atoms with Crippen LogP contribution in [0, 0.1) is 17.7 Å².